The average molecular weight is 220 g/mol. The van der Waals surface area contributed by atoms with E-state index in [1.165, 1.54) is 0 Å². The molecule has 0 radical (unpaired) electrons. The smallest absolute Gasteiger partial charge is 0.168 e. The molecular formula is C14H20O2. The third-order valence-electron chi connectivity index (χ3n) is 2.53. The van der Waals surface area contributed by atoms with Gasteiger partial charge in [-0.3, -0.25) is 4.79 Å². The summed E-state index contributed by atoms with van der Waals surface area (Å²) in [7, 11) is 0. The van der Waals surface area contributed by atoms with Crippen molar-refractivity contribution in [1.29, 1.82) is 0 Å². The standard InChI is InChI=1S/C14H20O2/c1-13(2,3)12(15)10-6-8-11(9-7-10)14(4,5)16/h6-9,16H,1-5H3. The van der Waals surface area contributed by atoms with Gasteiger partial charge < -0.3 is 5.11 Å². The molecule has 1 N–H and O–H groups in total. The van der Waals surface area contributed by atoms with Crippen molar-refractivity contribution in [2.24, 2.45) is 5.41 Å². The summed E-state index contributed by atoms with van der Waals surface area (Å²) in [6.45, 7) is 9.17. The highest BCUT2D eigenvalue weighted by Crippen LogP contribution is 2.24. The molecule has 0 bridgehead atoms. The molecule has 88 valence electrons. The van der Waals surface area contributed by atoms with Gasteiger partial charge in [0.1, 0.15) is 0 Å². The molecule has 0 heterocycles. The number of ketones is 1. The van der Waals surface area contributed by atoms with Crippen molar-refractivity contribution >= 4 is 5.78 Å². The van der Waals surface area contributed by atoms with Crippen LogP contribution in [0.25, 0.3) is 0 Å². The van der Waals surface area contributed by atoms with Gasteiger partial charge in [-0.15, -0.1) is 0 Å². The highest BCUT2D eigenvalue weighted by molar-refractivity contribution is 5.99. The van der Waals surface area contributed by atoms with Crippen LogP contribution in [0.3, 0.4) is 0 Å². The van der Waals surface area contributed by atoms with Crippen LogP contribution < -0.4 is 0 Å². The summed E-state index contributed by atoms with van der Waals surface area (Å²) < 4.78 is 0. The monoisotopic (exact) mass is 220 g/mol. The first-order valence-corrected chi connectivity index (χ1v) is 5.50. The zero-order valence-electron chi connectivity index (χ0n) is 10.7. The Morgan fingerprint density at radius 1 is 1.00 bits per heavy atom. The lowest BCUT2D eigenvalue weighted by atomic mass is 9.85. The molecule has 0 aliphatic carbocycles. The number of aliphatic hydroxyl groups is 1. The van der Waals surface area contributed by atoms with Gasteiger partial charge in [0.15, 0.2) is 5.78 Å². The fourth-order valence-corrected chi connectivity index (χ4v) is 1.46. The summed E-state index contributed by atoms with van der Waals surface area (Å²) in [6, 6.07) is 7.17. The Kier molecular flexibility index (Phi) is 3.25. The number of carbonyl (C=O) groups is 1. The number of benzene rings is 1. The molecule has 1 aromatic carbocycles. The molecule has 2 heteroatoms. The van der Waals surface area contributed by atoms with Gasteiger partial charge in [0.2, 0.25) is 0 Å². The average Bonchev–Trinajstić information content (AvgIpc) is 2.14. The van der Waals surface area contributed by atoms with Gasteiger partial charge in [0, 0.05) is 11.0 Å². The number of Topliss-reactive ketones (excluding diaryl/α,β-unsaturated/α-hetero) is 1. The van der Waals surface area contributed by atoms with Gasteiger partial charge >= 0.3 is 0 Å². The maximum Gasteiger partial charge on any atom is 0.168 e. The summed E-state index contributed by atoms with van der Waals surface area (Å²) in [5, 5.41) is 9.79. The second-order valence-electron chi connectivity index (χ2n) is 5.72. The SMILES string of the molecule is CC(C)(C)C(=O)c1ccc(C(C)(C)O)cc1. The van der Waals surface area contributed by atoms with Crippen molar-refractivity contribution in [2.45, 2.75) is 40.2 Å². The predicted molar refractivity (Wildman–Crippen MR) is 65.5 cm³/mol. The first-order chi connectivity index (χ1) is 7.12. The van der Waals surface area contributed by atoms with E-state index in [0.717, 1.165) is 5.56 Å². The zero-order valence-corrected chi connectivity index (χ0v) is 10.7. The molecule has 0 aromatic heterocycles. The summed E-state index contributed by atoms with van der Waals surface area (Å²) in [4.78, 5) is 12.0. The Hall–Kier alpha value is -1.15. The van der Waals surface area contributed by atoms with Crippen LogP contribution in [0.4, 0.5) is 0 Å². The van der Waals surface area contributed by atoms with Crippen LogP contribution in [0.1, 0.15) is 50.5 Å². The van der Waals surface area contributed by atoms with E-state index in [0.29, 0.717) is 5.56 Å². The molecular weight excluding hydrogens is 200 g/mol. The molecule has 1 aromatic rings. The van der Waals surface area contributed by atoms with Crippen molar-refractivity contribution in [3.05, 3.63) is 35.4 Å². The van der Waals surface area contributed by atoms with Crippen LogP contribution >= 0.6 is 0 Å². The van der Waals surface area contributed by atoms with Crippen molar-refractivity contribution in [2.75, 3.05) is 0 Å². The van der Waals surface area contributed by atoms with Gasteiger partial charge in [-0.2, -0.15) is 0 Å². The zero-order chi connectivity index (χ0) is 12.6. The summed E-state index contributed by atoms with van der Waals surface area (Å²) in [6.07, 6.45) is 0. The fraction of sp³-hybridized carbons (Fsp3) is 0.500. The van der Waals surface area contributed by atoms with Gasteiger partial charge in [-0.1, -0.05) is 45.0 Å². The van der Waals surface area contributed by atoms with Crippen molar-refractivity contribution in [1.82, 2.24) is 0 Å². The number of carbonyl (C=O) groups excluding carboxylic acids is 1. The number of hydrogen-bond acceptors (Lipinski definition) is 2. The molecule has 0 amide bonds. The Morgan fingerprint density at radius 3 is 1.75 bits per heavy atom. The molecule has 0 aliphatic heterocycles. The van der Waals surface area contributed by atoms with Crippen LogP contribution in [0.5, 0.6) is 0 Å². The van der Waals surface area contributed by atoms with E-state index < -0.39 is 5.60 Å². The van der Waals surface area contributed by atoms with E-state index >= 15 is 0 Å². The maximum atomic E-state index is 12.0. The molecule has 0 unspecified atom stereocenters. The van der Waals surface area contributed by atoms with Crippen LogP contribution in [0, 0.1) is 5.41 Å². The summed E-state index contributed by atoms with van der Waals surface area (Å²) in [5.41, 5.74) is 0.290. The van der Waals surface area contributed by atoms with Crippen LogP contribution in [0.15, 0.2) is 24.3 Å². The third kappa shape index (κ3) is 2.92. The lowest BCUT2D eigenvalue weighted by molar-refractivity contribution is 0.0782. The van der Waals surface area contributed by atoms with Crippen LogP contribution in [-0.2, 0) is 5.60 Å². The molecule has 0 spiro atoms. The molecule has 0 saturated carbocycles. The van der Waals surface area contributed by atoms with Gasteiger partial charge in [-0.25, -0.2) is 0 Å². The van der Waals surface area contributed by atoms with Crippen molar-refractivity contribution in [3.8, 4) is 0 Å². The number of hydrogen-bond donors (Lipinski definition) is 1. The highest BCUT2D eigenvalue weighted by atomic mass is 16.3. The lowest BCUT2D eigenvalue weighted by Crippen LogP contribution is -2.21. The molecule has 1 rings (SSSR count). The van der Waals surface area contributed by atoms with Gasteiger partial charge in [-0.05, 0) is 19.4 Å². The third-order valence-corrected chi connectivity index (χ3v) is 2.53. The van der Waals surface area contributed by atoms with E-state index in [1.54, 1.807) is 38.1 Å². The van der Waals surface area contributed by atoms with E-state index in [9.17, 15) is 9.90 Å². The quantitative estimate of drug-likeness (QED) is 0.777. The minimum atomic E-state index is -0.858. The maximum absolute atomic E-state index is 12.0. The Balaban J connectivity index is 3.01. The van der Waals surface area contributed by atoms with Gasteiger partial charge in [0.25, 0.3) is 0 Å². The second kappa shape index (κ2) is 4.02. The van der Waals surface area contributed by atoms with E-state index in [1.807, 2.05) is 20.8 Å². The molecule has 16 heavy (non-hydrogen) atoms. The summed E-state index contributed by atoms with van der Waals surface area (Å²) >= 11 is 0. The molecule has 0 aliphatic rings. The largest absolute Gasteiger partial charge is 0.386 e. The number of rotatable bonds is 2. The van der Waals surface area contributed by atoms with Crippen LogP contribution in [0.2, 0.25) is 0 Å². The molecule has 0 atom stereocenters. The van der Waals surface area contributed by atoms with E-state index in [2.05, 4.69) is 0 Å². The molecule has 0 fully saturated rings. The van der Waals surface area contributed by atoms with Crippen molar-refractivity contribution in [3.63, 3.8) is 0 Å². The normalized spacial score (nSPS) is 12.6. The first kappa shape index (κ1) is 12.9. The topological polar surface area (TPSA) is 37.3 Å². The Labute approximate surface area is 97.3 Å². The predicted octanol–water partition coefficient (Wildman–Crippen LogP) is 3.14. The minimum Gasteiger partial charge on any atom is -0.386 e. The Bertz CT molecular complexity index is 375. The summed E-state index contributed by atoms with van der Waals surface area (Å²) in [5.74, 6) is 0.120. The fourth-order valence-electron chi connectivity index (χ4n) is 1.46. The first-order valence-electron chi connectivity index (χ1n) is 5.50. The van der Waals surface area contributed by atoms with Gasteiger partial charge in [0.05, 0.1) is 5.60 Å². The minimum absolute atomic E-state index is 0.120. The van der Waals surface area contributed by atoms with E-state index in [-0.39, 0.29) is 11.2 Å². The molecule has 0 saturated heterocycles. The molecule has 2 nitrogen and oxygen atoms in total. The van der Waals surface area contributed by atoms with E-state index in [4.69, 9.17) is 0 Å². The van der Waals surface area contributed by atoms with Crippen LogP contribution in [-0.4, -0.2) is 10.9 Å². The second-order valence-corrected chi connectivity index (χ2v) is 5.72. The highest BCUT2D eigenvalue weighted by Gasteiger charge is 2.23. The van der Waals surface area contributed by atoms with Crippen molar-refractivity contribution < 1.29 is 9.90 Å². The lowest BCUT2D eigenvalue weighted by Gasteiger charge is -2.20. The Morgan fingerprint density at radius 2 is 1.44 bits per heavy atom.